The quantitative estimate of drug-likeness (QED) is 0.104. The average Bonchev–Trinajstić information content (AvgIpc) is 3.33. The zero-order valence-electron chi connectivity index (χ0n) is 33.1. The molecule has 5 heteroatoms. The van der Waals surface area contributed by atoms with E-state index in [9.17, 15) is 0 Å². The van der Waals surface area contributed by atoms with Crippen LogP contribution in [-0.4, -0.2) is 4.47 Å². The van der Waals surface area contributed by atoms with Crippen LogP contribution < -0.4 is 47.7 Å². The Morgan fingerprint density at radius 1 is 0.233 bits per heavy atom. The van der Waals surface area contributed by atoms with Gasteiger partial charge in [0.25, 0.3) is 0 Å². The van der Waals surface area contributed by atoms with E-state index in [0.29, 0.717) is 0 Å². The van der Waals surface area contributed by atoms with Crippen LogP contribution in [0.2, 0.25) is 0 Å². The molecule has 0 aliphatic rings. The number of hydrogen-bond acceptors (Lipinski definition) is 1. The van der Waals surface area contributed by atoms with Crippen LogP contribution in [0.4, 0.5) is 0 Å². The van der Waals surface area contributed by atoms with E-state index in [1.54, 1.807) is 0 Å². The fourth-order valence-corrected chi connectivity index (χ4v) is 13.5. The SMILES string of the molecule is O=[C]=[Rh].[HH].c1ccc(P(c2ccccc2)c2ccccc2)cc1.c1ccc(P(c2ccccc2)c2ccccc2)cc1.c1ccc(P(c2ccccc2)c2ccccc2)cc1. The van der Waals surface area contributed by atoms with Gasteiger partial charge in [-0.3, -0.25) is 0 Å². The van der Waals surface area contributed by atoms with Crippen LogP contribution in [0.3, 0.4) is 0 Å². The second-order valence-electron chi connectivity index (χ2n) is 13.1. The van der Waals surface area contributed by atoms with E-state index in [1.165, 1.54) is 52.2 Å². The minimum absolute atomic E-state index is 0. The summed E-state index contributed by atoms with van der Waals surface area (Å²) in [6.07, 6.45) is 0. The van der Waals surface area contributed by atoms with Crippen molar-refractivity contribution in [2.24, 2.45) is 0 Å². The number of hydrogen-bond donors (Lipinski definition) is 0. The van der Waals surface area contributed by atoms with Crippen molar-refractivity contribution in [3.05, 3.63) is 273 Å². The van der Waals surface area contributed by atoms with Crippen LogP contribution in [0.15, 0.2) is 273 Å². The summed E-state index contributed by atoms with van der Waals surface area (Å²) < 4.78 is 1.39. The van der Waals surface area contributed by atoms with Gasteiger partial charge < -0.3 is 0 Å². The minimum Gasteiger partial charge on any atom is -0.0622 e. The van der Waals surface area contributed by atoms with Crippen molar-refractivity contribution in [2.75, 3.05) is 0 Å². The molecule has 0 aromatic heterocycles. The molecule has 0 bridgehead atoms. The molecule has 0 spiro atoms. The van der Waals surface area contributed by atoms with Crippen molar-refractivity contribution in [1.82, 2.24) is 0 Å². The third kappa shape index (κ3) is 13.2. The predicted octanol–water partition coefficient (Wildman–Crippen LogP) is 10.2. The van der Waals surface area contributed by atoms with Gasteiger partial charge in [0.2, 0.25) is 0 Å². The van der Waals surface area contributed by atoms with E-state index < -0.39 is 23.8 Å². The van der Waals surface area contributed by atoms with Gasteiger partial charge in [-0.1, -0.05) is 273 Å². The molecule has 0 fully saturated rings. The van der Waals surface area contributed by atoms with Crippen molar-refractivity contribution < 1.29 is 24.1 Å². The summed E-state index contributed by atoms with van der Waals surface area (Å²) in [5.41, 5.74) is 0. The second-order valence-corrected chi connectivity index (χ2v) is 20.1. The smallest absolute Gasteiger partial charge is 0 e. The van der Waals surface area contributed by atoms with E-state index in [4.69, 9.17) is 4.79 Å². The molecular weight excluding hydrogens is 872 g/mol. The van der Waals surface area contributed by atoms with Gasteiger partial charge in [-0.2, -0.15) is 0 Å². The van der Waals surface area contributed by atoms with Crippen LogP contribution >= 0.6 is 23.8 Å². The van der Waals surface area contributed by atoms with Gasteiger partial charge in [0, 0.05) is 1.43 Å². The summed E-state index contributed by atoms with van der Waals surface area (Å²) in [4.78, 5) is 8.63. The Labute approximate surface area is 370 Å². The van der Waals surface area contributed by atoms with Gasteiger partial charge in [-0.05, 0) is 71.5 Å². The molecular formula is C55H47OP3Rh. The first-order valence-corrected chi connectivity index (χ1v) is 24.4. The van der Waals surface area contributed by atoms with Gasteiger partial charge in [-0.15, -0.1) is 0 Å². The Morgan fingerprint density at radius 2 is 0.317 bits per heavy atom. The molecule has 0 unspecified atom stereocenters. The summed E-state index contributed by atoms with van der Waals surface area (Å²) in [5, 5.41) is 12.6. The molecule has 0 atom stereocenters. The molecule has 9 aromatic carbocycles. The van der Waals surface area contributed by atoms with E-state index in [0.717, 1.165) is 0 Å². The first-order chi connectivity index (χ1) is 29.8. The summed E-state index contributed by atoms with van der Waals surface area (Å²) in [7, 11) is -1.34. The van der Waals surface area contributed by atoms with Gasteiger partial charge in [0.05, 0.1) is 0 Å². The maximum Gasteiger partial charge on any atom is 0 e. The van der Waals surface area contributed by atoms with Crippen molar-refractivity contribution in [3.63, 3.8) is 0 Å². The maximum absolute atomic E-state index is 8.63. The molecule has 0 aliphatic heterocycles. The van der Waals surface area contributed by atoms with Gasteiger partial charge in [0.1, 0.15) is 0 Å². The van der Waals surface area contributed by atoms with Crippen molar-refractivity contribution in [2.45, 2.75) is 0 Å². The molecule has 0 radical (unpaired) electrons. The molecule has 0 amide bonds. The average molecular weight is 920 g/mol. The Hall–Kier alpha value is -5.53. The normalized spacial score (nSPS) is 10.2. The summed E-state index contributed by atoms with van der Waals surface area (Å²) >= 11 is 1.92. The van der Waals surface area contributed by atoms with Crippen LogP contribution in [0, 0.1) is 0 Å². The topological polar surface area (TPSA) is 17.1 Å². The second kappa shape index (κ2) is 25.2. The van der Waals surface area contributed by atoms with E-state index >= 15 is 0 Å². The van der Waals surface area contributed by atoms with Crippen LogP contribution in [0.1, 0.15) is 1.43 Å². The summed E-state index contributed by atoms with van der Waals surface area (Å²) in [5.74, 6) is 0. The van der Waals surface area contributed by atoms with Crippen molar-refractivity contribution in [3.8, 4) is 0 Å². The van der Waals surface area contributed by atoms with Gasteiger partial charge in [-0.25, -0.2) is 0 Å². The largest absolute Gasteiger partial charge is 0.0622 e. The van der Waals surface area contributed by atoms with E-state index in [-0.39, 0.29) is 1.43 Å². The minimum atomic E-state index is -0.446. The zero-order chi connectivity index (χ0) is 41.5. The standard InChI is InChI=1S/3C18H15P.CO.Rh.H2/c3*1-4-10-16(11-5-1)19(17-12-6-2-7-13-17)18-14-8-3-9-15-18;1-2;;/h3*1-15H;;;1H. The molecule has 0 aliphatic carbocycles. The van der Waals surface area contributed by atoms with Gasteiger partial charge >= 0.3 is 27.1 Å². The van der Waals surface area contributed by atoms with Crippen molar-refractivity contribution in [1.29, 1.82) is 0 Å². The first-order valence-electron chi connectivity index (χ1n) is 19.6. The molecule has 0 saturated carbocycles. The van der Waals surface area contributed by atoms with Gasteiger partial charge in [0.15, 0.2) is 0 Å². The molecule has 0 heterocycles. The maximum atomic E-state index is 8.63. The Bertz CT molecular complexity index is 1970. The zero-order valence-corrected chi connectivity index (χ0v) is 37.4. The third-order valence-corrected chi connectivity index (χ3v) is 16.5. The molecule has 9 aromatic rings. The molecule has 297 valence electrons. The number of carbonyl (C=O) groups excluding carboxylic acids is 1. The van der Waals surface area contributed by atoms with Crippen LogP contribution in [0.25, 0.3) is 0 Å². The monoisotopic (exact) mass is 919 g/mol. The van der Waals surface area contributed by atoms with E-state index in [2.05, 4.69) is 273 Å². The Balaban J connectivity index is 0.000000166. The molecule has 9 rings (SSSR count). The van der Waals surface area contributed by atoms with Crippen molar-refractivity contribution >= 4 is 76.0 Å². The van der Waals surface area contributed by atoms with Crippen LogP contribution in [-0.2, 0) is 22.6 Å². The molecule has 1 nitrogen and oxygen atoms in total. The molecule has 60 heavy (non-hydrogen) atoms. The third-order valence-electron chi connectivity index (χ3n) is 9.13. The number of rotatable bonds is 9. The summed E-state index contributed by atoms with van der Waals surface area (Å²) in [6.45, 7) is 0. The molecule has 0 N–H and O–H groups in total. The molecule has 0 saturated heterocycles. The Morgan fingerprint density at radius 3 is 0.400 bits per heavy atom. The fourth-order valence-electron chi connectivity index (χ4n) is 6.54. The number of benzene rings is 9. The fraction of sp³-hybridized carbons (Fsp3) is 0. The Kier molecular flexibility index (Phi) is 18.5. The van der Waals surface area contributed by atoms with E-state index in [1.807, 2.05) is 17.9 Å². The van der Waals surface area contributed by atoms with Crippen LogP contribution in [0.5, 0.6) is 0 Å². The predicted molar refractivity (Wildman–Crippen MR) is 263 cm³/mol. The summed E-state index contributed by atoms with van der Waals surface area (Å²) in [6, 6.07) is 97.0. The first kappa shape index (κ1) is 44.0.